The molecule has 132 valence electrons. The maximum absolute atomic E-state index is 13.7. The van der Waals surface area contributed by atoms with Gasteiger partial charge in [-0.1, -0.05) is 36.6 Å². The predicted molar refractivity (Wildman–Crippen MR) is 100.0 cm³/mol. The number of nitrogens with one attached hydrogen (secondary N) is 1. The maximum Gasteiger partial charge on any atom is 0.233 e. The van der Waals surface area contributed by atoms with Crippen LogP contribution in [-0.4, -0.2) is 36.0 Å². The van der Waals surface area contributed by atoms with E-state index < -0.39 is 0 Å². The lowest BCUT2D eigenvalue weighted by atomic mass is 9.77. The van der Waals surface area contributed by atoms with E-state index in [9.17, 15) is 4.79 Å². The third-order valence-corrected chi connectivity index (χ3v) is 6.37. The van der Waals surface area contributed by atoms with Gasteiger partial charge in [0, 0.05) is 23.7 Å². The lowest BCUT2D eigenvalue weighted by Gasteiger charge is -2.38. The first-order chi connectivity index (χ1) is 11.2. The summed E-state index contributed by atoms with van der Waals surface area (Å²) in [4.78, 5) is 16.0. The van der Waals surface area contributed by atoms with Crippen LogP contribution in [0.15, 0.2) is 24.3 Å². The second kappa shape index (κ2) is 7.23. The highest BCUT2D eigenvalue weighted by Gasteiger charge is 2.49. The van der Waals surface area contributed by atoms with Gasteiger partial charge in [-0.15, -0.1) is 12.4 Å². The summed E-state index contributed by atoms with van der Waals surface area (Å²) in [6.07, 6.45) is 7.62. The van der Waals surface area contributed by atoms with Crippen molar-refractivity contribution in [1.82, 2.24) is 10.2 Å². The molecule has 0 radical (unpaired) electrons. The van der Waals surface area contributed by atoms with Gasteiger partial charge in [0.2, 0.25) is 5.91 Å². The zero-order valence-electron chi connectivity index (χ0n) is 14.0. The Morgan fingerprint density at radius 2 is 1.92 bits per heavy atom. The van der Waals surface area contributed by atoms with E-state index in [1.807, 2.05) is 18.2 Å². The molecule has 24 heavy (non-hydrogen) atoms. The molecule has 1 N–H and O–H groups in total. The second-order valence-electron chi connectivity index (χ2n) is 7.39. The normalized spacial score (nSPS) is 28.3. The largest absolute Gasteiger partial charge is 0.335 e. The quantitative estimate of drug-likeness (QED) is 0.857. The van der Waals surface area contributed by atoms with Crippen molar-refractivity contribution in [2.75, 3.05) is 13.1 Å². The number of nitrogens with zero attached hydrogens (tertiary/aromatic N) is 1. The van der Waals surface area contributed by atoms with E-state index in [1.54, 1.807) is 0 Å². The first kappa shape index (κ1) is 18.0. The molecule has 1 aliphatic carbocycles. The Hall–Kier alpha value is -0.770. The number of benzene rings is 1. The minimum absolute atomic E-state index is 0. The van der Waals surface area contributed by atoms with Crippen LogP contribution in [0, 0.1) is 0 Å². The number of halogens is 2. The highest BCUT2D eigenvalue weighted by Crippen LogP contribution is 2.45. The Balaban J connectivity index is 0.00000169. The molecule has 2 atom stereocenters. The molecule has 2 unspecified atom stereocenters. The summed E-state index contributed by atoms with van der Waals surface area (Å²) in [7, 11) is 0. The van der Waals surface area contributed by atoms with Gasteiger partial charge in [-0.05, 0) is 56.3 Å². The van der Waals surface area contributed by atoms with Gasteiger partial charge >= 0.3 is 0 Å². The summed E-state index contributed by atoms with van der Waals surface area (Å²) in [5.41, 5.74) is 0.792. The first-order valence-corrected chi connectivity index (χ1v) is 9.38. The smallest absolute Gasteiger partial charge is 0.233 e. The minimum atomic E-state index is -0.337. The average Bonchev–Trinajstić information content (AvgIpc) is 3.11. The van der Waals surface area contributed by atoms with Crippen LogP contribution < -0.4 is 5.32 Å². The highest BCUT2D eigenvalue weighted by molar-refractivity contribution is 6.30. The summed E-state index contributed by atoms with van der Waals surface area (Å²) < 4.78 is 0. The highest BCUT2D eigenvalue weighted by atomic mass is 35.5. The number of hydrogen-bond acceptors (Lipinski definition) is 2. The van der Waals surface area contributed by atoms with E-state index in [0.29, 0.717) is 18.0 Å². The molecule has 0 spiro atoms. The molecular formula is C19H26Cl2N2O. The molecule has 1 aromatic rings. The fourth-order valence-corrected chi connectivity index (χ4v) is 5.14. The molecule has 3 fully saturated rings. The van der Waals surface area contributed by atoms with E-state index in [-0.39, 0.29) is 17.8 Å². The fourth-order valence-electron chi connectivity index (χ4n) is 4.95. The van der Waals surface area contributed by atoms with Gasteiger partial charge in [0.1, 0.15) is 0 Å². The van der Waals surface area contributed by atoms with Gasteiger partial charge in [0.05, 0.1) is 5.41 Å². The number of carbonyl (C=O) groups excluding carboxylic acids is 1. The van der Waals surface area contributed by atoms with Gasteiger partial charge < -0.3 is 10.2 Å². The van der Waals surface area contributed by atoms with Crippen LogP contribution in [0.2, 0.25) is 5.02 Å². The number of rotatable bonds is 2. The summed E-state index contributed by atoms with van der Waals surface area (Å²) in [6, 6.07) is 8.82. The topological polar surface area (TPSA) is 32.3 Å². The summed E-state index contributed by atoms with van der Waals surface area (Å²) >= 11 is 6.24. The van der Waals surface area contributed by atoms with Gasteiger partial charge in [-0.3, -0.25) is 4.79 Å². The predicted octanol–water partition coefficient (Wildman–Crippen LogP) is 3.93. The second-order valence-corrected chi connectivity index (χ2v) is 7.83. The van der Waals surface area contributed by atoms with E-state index in [2.05, 4.69) is 16.3 Å². The van der Waals surface area contributed by atoms with Crippen molar-refractivity contribution in [1.29, 1.82) is 0 Å². The molecule has 2 aliphatic heterocycles. The molecule has 2 saturated heterocycles. The van der Waals surface area contributed by atoms with Crippen molar-refractivity contribution >= 4 is 29.9 Å². The molecule has 3 nitrogen and oxygen atoms in total. The molecule has 0 aromatic heterocycles. The zero-order valence-corrected chi connectivity index (χ0v) is 15.5. The molecule has 5 heteroatoms. The van der Waals surface area contributed by atoms with Crippen LogP contribution in [0.5, 0.6) is 0 Å². The van der Waals surface area contributed by atoms with E-state index in [1.165, 1.54) is 6.42 Å². The molecule has 1 aromatic carbocycles. The molecular weight excluding hydrogens is 343 g/mol. The van der Waals surface area contributed by atoms with E-state index in [4.69, 9.17) is 11.6 Å². The Morgan fingerprint density at radius 1 is 1.17 bits per heavy atom. The van der Waals surface area contributed by atoms with Crippen LogP contribution in [-0.2, 0) is 10.2 Å². The van der Waals surface area contributed by atoms with Crippen molar-refractivity contribution in [3.05, 3.63) is 34.9 Å². The van der Waals surface area contributed by atoms with Crippen LogP contribution in [0.4, 0.5) is 0 Å². The van der Waals surface area contributed by atoms with Gasteiger partial charge in [-0.25, -0.2) is 0 Å². The Kier molecular flexibility index (Phi) is 5.43. The third kappa shape index (κ3) is 2.95. The van der Waals surface area contributed by atoms with E-state index in [0.717, 1.165) is 62.2 Å². The minimum Gasteiger partial charge on any atom is -0.335 e. The van der Waals surface area contributed by atoms with Gasteiger partial charge in [0.25, 0.3) is 0 Å². The molecule has 2 bridgehead atoms. The monoisotopic (exact) mass is 368 g/mol. The average molecular weight is 369 g/mol. The van der Waals surface area contributed by atoms with Crippen LogP contribution in [0.3, 0.4) is 0 Å². The van der Waals surface area contributed by atoms with Crippen molar-refractivity contribution < 1.29 is 4.79 Å². The zero-order chi connectivity index (χ0) is 15.9. The molecule has 1 saturated carbocycles. The van der Waals surface area contributed by atoms with Crippen molar-refractivity contribution in [3.63, 3.8) is 0 Å². The number of amides is 1. The van der Waals surface area contributed by atoms with Crippen LogP contribution >= 0.6 is 24.0 Å². The molecule has 1 amide bonds. The van der Waals surface area contributed by atoms with Gasteiger partial charge in [0.15, 0.2) is 0 Å². The molecule has 2 heterocycles. The molecule has 4 rings (SSSR count). The van der Waals surface area contributed by atoms with E-state index >= 15 is 0 Å². The Morgan fingerprint density at radius 3 is 2.67 bits per heavy atom. The third-order valence-electron chi connectivity index (χ3n) is 6.13. The van der Waals surface area contributed by atoms with Crippen LogP contribution in [0.25, 0.3) is 0 Å². The number of carbonyl (C=O) groups is 1. The van der Waals surface area contributed by atoms with Crippen molar-refractivity contribution in [2.45, 2.75) is 62.4 Å². The fraction of sp³-hybridized carbons (Fsp3) is 0.632. The van der Waals surface area contributed by atoms with Crippen LogP contribution in [0.1, 0.15) is 50.5 Å². The summed E-state index contributed by atoms with van der Waals surface area (Å²) in [5, 5.41) is 4.24. The summed E-state index contributed by atoms with van der Waals surface area (Å²) in [6.45, 7) is 1.99. The van der Waals surface area contributed by atoms with Crippen molar-refractivity contribution in [3.8, 4) is 0 Å². The lowest BCUT2D eigenvalue weighted by Crippen LogP contribution is -2.51. The first-order valence-electron chi connectivity index (χ1n) is 9.00. The van der Waals surface area contributed by atoms with Crippen molar-refractivity contribution in [2.24, 2.45) is 0 Å². The Bertz CT molecular complexity index is 587. The SMILES string of the molecule is Cl.O=C(N1C2CCNCC1CC2)C1(c2cccc(Cl)c2)CCCC1. The number of hydrogen-bond donors (Lipinski definition) is 1. The molecule has 3 aliphatic rings. The summed E-state index contributed by atoms with van der Waals surface area (Å²) in [5.74, 6) is 0.369. The standard InChI is InChI=1S/C19H25ClN2O.ClH/c20-15-5-3-4-14(12-15)19(9-1-2-10-19)18(23)22-16-6-7-17(22)13-21-11-8-16;/h3-5,12,16-17,21H,1-2,6-11,13H2;1H. The van der Waals surface area contributed by atoms with Gasteiger partial charge in [-0.2, -0.15) is 0 Å². The number of fused-ring (bicyclic) bond motifs is 2. The Labute approximate surface area is 155 Å². The lowest BCUT2D eigenvalue weighted by molar-refractivity contribution is -0.140. The maximum atomic E-state index is 13.7.